The molecule has 0 unspecified atom stereocenters. The zero-order chi connectivity index (χ0) is 14.6. The van der Waals surface area contributed by atoms with Crippen molar-refractivity contribution in [1.82, 2.24) is 0 Å². The lowest BCUT2D eigenvalue weighted by Gasteiger charge is -2.11. The summed E-state index contributed by atoms with van der Waals surface area (Å²) in [7, 11) is 0. The SMILES string of the molecule is CC(C)=CCOc1cc(O)c(C(=O)C(C)C)c(O)c1. The molecule has 0 saturated heterocycles. The third kappa shape index (κ3) is 4.02. The number of benzene rings is 1. The average Bonchev–Trinajstić information content (AvgIpc) is 2.27. The van der Waals surface area contributed by atoms with Crippen LogP contribution in [0.4, 0.5) is 0 Å². The highest BCUT2D eigenvalue weighted by Crippen LogP contribution is 2.34. The summed E-state index contributed by atoms with van der Waals surface area (Å²) < 4.78 is 5.37. The lowest BCUT2D eigenvalue weighted by Crippen LogP contribution is -2.08. The number of Topliss-reactive ketones (excluding diaryl/α,β-unsaturated/α-hetero) is 1. The fraction of sp³-hybridized carbons (Fsp3) is 0.400. The van der Waals surface area contributed by atoms with E-state index in [1.807, 2.05) is 19.9 Å². The number of hydrogen-bond donors (Lipinski definition) is 2. The molecule has 0 aliphatic carbocycles. The van der Waals surface area contributed by atoms with Crippen molar-refractivity contribution in [2.75, 3.05) is 6.61 Å². The summed E-state index contributed by atoms with van der Waals surface area (Å²) in [5.74, 6) is -0.787. The van der Waals surface area contributed by atoms with Gasteiger partial charge in [0.15, 0.2) is 5.78 Å². The van der Waals surface area contributed by atoms with Gasteiger partial charge in [-0.05, 0) is 19.9 Å². The zero-order valence-electron chi connectivity index (χ0n) is 11.7. The van der Waals surface area contributed by atoms with Crippen molar-refractivity contribution in [3.63, 3.8) is 0 Å². The molecule has 0 aliphatic heterocycles. The molecule has 0 spiro atoms. The van der Waals surface area contributed by atoms with Crippen molar-refractivity contribution >= 4 is 5.78 Å². The Morgan fingerprint density at radius 3 is 2.21 bits per heavy atom. The molecular weight excluding hydrogens is 244 g/mol. The molecular formula is C15H20O4. The topological polar surface area (TPSA) is 66.8 Å². The molecule has 0 atom stereocenters. The predicted octanol–water partition coefficient (Wildman–Crippen LogP) is 3.28. The van der Waals surface area contributed by atoms with Gasteiger partial charge in [-0.25, -0.2) is 0 Å². The van der Waals surface area contributed by atoms with Gasteiger partial charge >= 0.3 is 0 Å². The number of carbonyl (C=O) groups is 1. The van der Waals surface area contributed by atoms with Crippen molar-refractivity contribution < 1.29 is 19.7 Å². The first kappa shape index (κ1) is 15.1. The van der Waals surface area contributed by atoms with Crippen LogP contribution in [0.2, 0.25) is 0 Å². The summed E-state index contributed by atoms with van der Waals surface area (Å²) in [6.07, 6.45) is 1.88. The molecule has 0 amide bonds. The van der Waals surface area contributed by atoms with E-state index < -0.39 is 0 Å². The number of ketones is 1. The fourth-order valence-electron chi connectivity index (χ4n) is 1.52. The van der Waals surface area contributed by atoms with E-state index in [2.05, 4.69) is 0 Å². The normalized spacial score (nSPS) is 10.4. The Hall–Kier alpha value is -1.97. The van der Waals surface area contributed by atoms with Crippen molar-refractivity contribution in [2.45, 2.75) is 27.7 Å². The smallest absolute Gasteiger partial charge is 0.172 e. The number of ether oxygens (including phenoxy) is 1. The summed E-state index contributed by atoms with van der Waals surface area (Å²) in [6.45, 7) is 7.66. The average molecular weight is 264 g/mol. The maximum Gasteiger partial charge on any atom is 0.172 e. The van der Waals surface area contributed by atoms with Gasteiger partial charge in [0, 0.05) is 18.1 Å². The van der Waals surface area contributed by atoms with Gasteiger partial charge < -0.3 is 14.9 Å². The third-order valence-corrected chi connectivity index (χ3v) is 2.58. The maximum absolute atomic E-state index is 11.8. The van der Waals surface area contributed by atoms with Gasteiger partial charge in [0.05, 0.1) is 0 Å². The highest BCUT2D eigenvalue weighted by atomic mass is 16.5. The van der Waals surface area contributed by atoms with Crippen LogP contribution in [0.15, 0.2) is 23.8 Å². The molecule has 0 fully saturated rings. The van der Waals surface area contributed by atoms with Crippen LogP contribution in [0, 0.1) is 5.92 Å². The van der Waals surface area contributed by atoms with E-state index >= 15 is 0 Å². The minimum absolute atomic E-state index is 0.0513. The van der Waals surface area contributed by atoms with Crippen molar-refractivity contribution in [2.24, 2.45) is 5.92 Å². The first-order valence-electron chi connectivity index (χ1n) is 6.19. The van der Waals surface area contributed by atoms with Gasteiger partial charge in [0.2, 0.25) is 0 Å². The van der Waals surface area contributed by atoms with Crippen LogP contribution in [0.3, 0.4) is 0 Å². The number of allylic oxidation sites excluding steroid dienone is 1. The van der Waals surface area contributed by atoms with Crippen molar-refractivity contribution in [3.05, 3.63) is 29.3 Å². The third-order valence-electron chi connectivity index (χ3n) is 2.58. The molecule has 4 nitrogen and oxygen atoms in total. The van der Waals surface area contributed by atoms with E-state index in [1.165, 1.54) is 12.1 Å². The molecule has 0 aliphatic rings. The summed E-state index contributed by atoms with van der Waals surface area (Å²) in [6, 6.07) is 2.68. The number of aromatic hydroxyl groups is 2. The van der Waals surface area contributed by atoms with Crippen LogP contribution in [-0.4, -0.2) is 22.6 Å². The number of phenolic OH excluding ortho intramolecular Hbond substituents is 2. The number of hydrogen-bond acceptors (Lipinski definition) is 4. The molecule has 1 rings (SSSR count). The largest absolute Gasteiger partial charge is 0.507 e. The Balaban J connectivity index is 2.97. The van der Waals surface area contributed by atoms with Gasteiger partial charge in [-0.2, -0.15) is 0 Å². The maximum atomic E-state index is 11.8. The Morgan fingerprint density at radius 2 is 1.79 bits per heavy atom. The quantitative estimate of drug-likeness (QED) is 0.632. The standard InChI is InChI=1S/C15H20O4/c1-9(2)5-6-19-11-7-12(16)14(13(17)8-11)15(18)10(3)4/h5,7-8,10,16-17H,6H2,1-4H3. The van der Waals surface area contributed by atoms with Crippen LogP contribution < -0.4 is 4.74 Å². The van der Waals surface area contributed by atoms with Crippen LogP contribution >= 0.6 is 0 Å². The first-order chi connectivity index (χ1) is 8.82. The zero-order valence-corrected chi connectivity index (χ0v) is 11.7. The lowest BCUT2D eigenvalue weighted by atomic mass is 9.99. The summed E-state index contributed by atoms with van der Waals surface area (Å²) in [5, 5.41) is 19.6. The van der Waals surface area contributed by atoms with E-state index in [9.17, 15) is 15.0 Å². The second-order valence-electron chi connectivity index (χ2n) is 4.95. The van der Waals surface area contributed by atoms with Crippen LogP contribution in [-0.2, 0) is 0 Å². The molecule has 19 heavy (non-hydrogen) atoms. The lowest BCUT2D eigenvalue weighted by molar-refractivity contribution is 0.0933. The molecule has 0 heterocycles. The highest BCUT2D eigenvalue weighted by Gasteiger charge is 2.20. The van der Waals surface area contributed by atoms with Gasteiger partial charge in [-0.3, -0.25) is 4.79 Å². The van der Waals surface area contributed by atoms with E-state index in [4.69, 9.17) is 4.74 Å². The molecule has 1 aromatic carbocycles. The summed E-state index contributed by atoms with van der Waals surface area (Å²) in [4.78, 5) is 11.8. The minimum Gasteiger partial charge on any atom is -0.507 e. The van der Waals surface area contributed by atoms with Crippen LogP contribution in [0.1, 0.15) is 38.1 Å². The Morgan fingerprint density at radius 1 is 1.26 bits per heavy atom. The minimum atomic E-state index is -0.300. The predicted molar refractivity (Wildman–Crippen MR) is 73.9 cm³/mol. The van der Waals surface area contributed by atoms with Gasteiger partial charge in [-0.15, -0.1) is 0 Å². The van der Waals surface area contributed by atoms with Crippen LogP contribution in [0.25, 0.3) is 0 Å². The molecule has 2 N–H and O–H groups in total. The fourth-order valence-corrected chi connectivity index (χ4v) is 1.52. The van der Waals surface area contributed by atoms with Gasteiger partial charge in [0.25, 0.3) is 0 Å². The Bertz CT molecular complexity index is 474. The van der Waals surface area contributed by atoms with E-state index in [1.54, 1.807) is 13.8 Å². The second kappa shape index (κ2) is 6.27. The van der Waals surface area contributed by atoms with Crippen molar-refractivity contribution in [3.8, 4) is 17.2 Å². The first-order valence-corrected chi connectivity index (χ1v) is 6.19. The number of phenols is 2. The number of carbonyl (C=O) groups excluding carboxylic acids is 1. The molecule has 0 bridgehead atoms. The summed E-state index contributed by atoms with van der Waals surface area (Å²) >= 11 is 0. The molecule has 1 aromatic rings. The van der Waals surface area contributed by atoms with E-state index in [-0.39, 0.29) is 28.8 Å². The molecule has 0 radical (unpaired) electrons. The summed E-state index contributed by atoms with van der Waals surface area (Å²) in [5.41, 5.74) is 1.06. The van der Waals surface area contributed by atoms with E-state index in [0.717, 1.165) is 5.57 Å². The molecule has 0 aromatic heterocycles. The van der Waals surface area contributed by atoms with Gasteiger partial charge in [-0.1, -0.05) is 19.4 Å². The molecule has 4 heteroatoms. The molecule has 0 saturated carbocycles. The highest BCUT2D eigenvalue weighted by molar-refractivity contribution is 6.02. The monoisotopic (exact) mass is 264 g/mol. The Labute approximate surface area is 113 Å². The molecule has 104 valence electrons. The van der Waals surface area contributed by atoms with Crippen molar-refractivity contribution in [1.29, 1.82) is 0 Å². The van der Waals surface area contributed by atoms with Crippen LogP contribution in [0.5, 0.6) is 17.2 Å². The second-order valence-corrected chi connectivity index (χ2v) is 4.95. The number of rotatable bonds is 5. The van der Waals surface area contributed by atoms with E-state index in [0.29, 0.717) is 12.4 Å². The Kier molecular flexibility index (Phi) is 4.98. The van der Waals surface area contributed by atoms with Gasteiger partial charge in [0.1, 0.15) is 29.4 Å².